The second-order valence-electron chi connectivity index (χ2n) is 6.48. The predicted molar refractivity (Wildman–Crippen MR) is 114 cm³/mol. The minimum absolute atomic E-state index is 0.0426. The molecule has 0 N–H and O–H groups in total. The topological polar surface area (TPSA) is 64.6 Å². The maximum absolute atomic E-state index is 14.4. The lowest BCUT2D eigenvalue weighted by Crippen LogP contribution is -2.31. The van der Waals surface area contributed by atoms with Crippen LogP contribution in [-0.2, 0) is 6.54 Å². The van der Waals surface area contributed by atoms with Crippen LogP contribution in [0.15, 0.2) is 54.7 Å². The Bertz CT molecular complexity index is 1210. The van der Waals surface area contributed by atoms with E-state index in [4.69, 9.17) is 9.47 Å². The van der Waals surface area contributed by atoms with Gasteiger partial charge in [-0.2, -0.15) is 0 Å². The van der Waals surface area contributed by atoms with Crippen molar-refractivity contribution in [2.24, 2.45) is 0 Å². The van der Waals surface area contributed by atoms with E-state index in [2.05, 4.69) is 9.97 Å². The first-order chi connectivity index (χ1) is 15.0. The van der Waals surface area contributed by atoms with Gasteiger partial charge in [-0.25, -0.2) is 13.8 Å². The molecule has 0 saturated carbocycles. The van der Waals surface area contributed by atoms with Crippen molar-refractivity contribution in [3.63, 3.8) is 0 Å². The van der Waals surface area contributed by atoms with Crippen molar-refractivity contribution in [3.8, 4) is 11.5 Å². The number of carbonyl (C=O) groups excluding carboxylic acids is 1. The zero-order chi connectivity index (χ0) is 22.0. The van der Waals surface area contributed by atoms with Crippen LogP contribution in [0.2, 0.25) is 0 Å². The summed E-state index contributed by atoms with van der Waals surface area (Å²) in [5.74, 6) is -1.30. The number of hydrogen-bond acceptors (Lipinski definition) is 6. The van der Waals surface area contributed by atoms with Gasteiger partial charge in [0.05, 0.1) is 32.0 Å². The molecule has 0 spiro atoms. The van der Waals surface area contributed by atoms with Crippen LogP contribution in [0.4, 0.5) is 13.9 Å². The van der Waals surface area contributed by atoms with Gasteiger partial charge in [-0.05, 0) is 36.4 Å². The highest BCUT2D eigenvalue weighted by molar-refractivity contribution is 7.22. The first-order valence-corrected chi connectivity index (χ1v) is 10.0. The van der Waals surface area contributed by atoms with E-state index < -0.39 is 17.5 Å². The van der Waals surface area contributed by atoms with E-state index in [9.17, 15) is 13.6 Å². The lowest BCUT2D eigenvalue weighted by molar-refractivity contribution is 0.0981. The van der Waals surface area contributed by atoms with Gasteiger partial charge in [-0.1, -0.05) is 17.4 Å². The van der Waals surface area contributed by atoms with Crippen LogP contribution in [-0.4, -0.2) is 30.1 Å². The molecule has 158 valence electrons. The minimum atomic E-state index is -0.952. The molecule has 6 nitrogen and oxygen atoms in total. The van der Waals surface area contributed by atoms with Crippen LogP contribution in [0.5, 0.6) is 11.5 Å². The molecule has 0 saturated heterocycles. The zero-order valence-electron chi connectivity index (χ0n) is 16.6. The van der Waals surface area contributed by atoms with Gasteiger partial charge >= 0.3 is 0 Å². The summed E-state index contributed by atoms with van der Waals surface area (Å²) in [6.45, 7) is 0.0426. The number of hydrogen-bond donors (Lipinski definition) is 0. The summed E-state index contributed by atoms with van der Waals surface area (Å²) < 4.78 is 39.2. The van der Waals surface area contributed by atoms with Gasteiger partial charge in [0.1, 0.15) is 33.4 Å². The number of methoxy groups -OCH3 is 2. The van der Waals surface area contributed by atoms with Crippen LogP contribution in [0.1, 0.15) is 16.1 Å². The summed E-state index contributed by atoms with van der Waals surface area (Å²) in [7, 11) is 3.05. The van der Waals surface area contributed by atoms with Gasteiger partial charge in [0.25, 0.3) is 5.91 Å². The molecule has 0 aliphatic carbocycles. The fourth-order valence-electron chi connectivity index (χ4n) is 3.08. The second kappa shape index (κ2) is 8.65. The number of halogens is 2. The van der Waals surface area contributed by atoms with Crippen molar-refractivity contribution in [1.29, 1.82) is 0 Å². The number of ether oxygens (including phenoxy) is 2. The SMILES string of the molecule is COc1ccc(OC)c2sc(N(Cc3ccccn3)C(=O)c3ccc(F)cc3F)nc12. The molecular formula is C22H17F2N3O3S. The number of nitrogens with zero attached hydrogens (tertiary/aromatic N) is 3. The number of amides is 1. The largest absolute Gasteiger partial charge is 0.495 e. The van der Waals surface area contributed by atoms with E-state index >= 15 is 0 Å². The monoisotopic (exact) mass is 441 g/mol. The number of aromatic nitrogens is 2. The average molecular weight is 441 g/mol. The van der Waals surface area contributed by atoms with Gasteiger partial charge in [-0.3, -0.25) is 14.7 Å². The lowest BCUT2D eigenvalue weighted by Gasteiger charge is -2.20. The Labute approximate surface area is 180 Å². The predicted octanol–water partition coefficient (Wildman–Crippen LogP) is 4.83. The van der Waals surface area contributed by atoms with Crippen LogP contribution < -0.4 is 14.4 Å². The third-order valence-electron chi connectivity index (χ3n) is 4.58. The third-order valence-corrected chi connectivity index (χ3v) is 5.68. The fourth-order valence-corrected chi connectivity index (χ4v) is 4.15. The summed E-state index contributed by atoms with van der Waals surface area (Å²) in [4.78, 5) is 23.4. The zero-order valence-corrected chi connectivity index (χ0v) is 17.5. The molecule has 9 heteroatoms. The Balaban J connectivity index is 1.85. The molecule has 0 fully saturated rings. The second-order valence-corrected chi connectivity index (χ2v) is 7.46. The van der Waals surface area contributed by atoms with Crippen molar-refractivity contribution in [3.05, 3.63) is 77.6 Å². The van der Waals surface area contributed by atoms with Gasteiger partial charge in [0.2, 0.25) is 0 Å². The van der Waals surface area contributed by atoms with Crippen molar-refractivity contribution < 1.29 is 23.0 Å². The molecule has 4 aromatic rings. The molecule has 0 unspecified atom stereocenters. The molecule has 2 heterocycles. The number of rotatable bonds is 6. The van der Waals surface area contributed by atoms with E-state index in [1.54, 1.807) is 36.5 Å². The molecule has 4 rings (SSSR count). The molecule has 0 aliphatic heterocycles. The average Bonchev–Trinajstić information content (AvgIpc) is 3.22. The number of thiazole rings is 1. The molecule has 31 heavy (non-hydrogen) atoms. The minimum Gasteiger partial charge on any atom is -0.495 e. The molecular weight excluding hydrogens is 424 g/mol. The normalized spacial score (nSPS) is 10.8. The fraction of sp³-hybridized carbons (Fsp3) is 0.136. The van der Waals surface area contributed by atoms with Gasteiger partial charge < -0.3 is 9.47 Å². The summed E-state index contributed by atoms with van der Waals surface area (Å²) in [5.41, 5.74) is 0.826. The lowest BCUT2D eigenvalue weighted by atomic mass is 10.1. The van der Waals surface area contributed by atoms with Crippen molar-refractivity contribution >= 4 is 32.6 Å². The molecule has 1 amide bonds. The number of benzene rings is 2. The van der Waals surface area contributed by atoms with E-state index in [1.807, 2.05) is 0 Å². The first kappa shape index (κ1) is 20.7. The van der Waals surface area contributed by atoms with E-state index in [1.165, 1.54) is 30.5 Å². The number of carbonyl (C=O) groups is 1. The highest BCUT2D eigenvalue weighted by Gasteiger charge is 2.26. The van der Waals surface area contributed by atoms with E-state index in [-0.39, 0.29) is 12.1 Å². The van der Waals surface area contributed by atoms with Crippen molar-refractivity contribution in [2.45, 2.75) is 6.54 Å². The Kier molecular flexibility index (Phi) is 5.77. The van der Waals surface area contributed by atoms with Crippen LogP contribution in [0.25, 0.3) is 10.2 Å². The van der Waals surface area contributed by atoms with Gasteiger partial charge in [0, 0.05) is 12.3 Å². The molecule has 0 atom stereocenters. The molecule has 0 bridgehead atoms. The molecule has 0 radical (unpaired) electrons. The van der Waals surface area contributed by atoms with Crippen LogP contribution in [0, 0.1) is 11.6 Å². The first-order valence-electron chi connectivity index (χ1n) is 9.20. The Morgan fingerprint density at radius 2 is 1.84 bits per heavy atom. The van der Waals surface area contributed by atoms with Crippen LogP contribution in [0.3, 0.4) is 0 Å². The van der Waals surface area contributed by atoms with Crippen molar-refractivity contribution in [1.82, 2.24) is 9.97 Å². The summed E-state index contributed by atoms with van der Waals surface area (Å²) in [6.07, 6.45) is 1.60. The van der Waals surface area contributed by atoms with Crippen molar-refractivity contribution in [2.75, 3.05) is 19.1 Å². The van der Waals surface area contributed by atoms with Gasteiger partial charge in [0.15, 0.2) is 5.13 Å². The standard InChI is InChI=1S/C22H17F2N3O3S/c1-29-17-8-9-18(30-2)20-19(17)26-22(31-20)27(12-14-5-3-4-10-25-14)21(28)15-7-6-13(23)11-16(15)24/h3-11H,12H2,1-2H3. The Morgan fingerprint density at radius 3 is 2.52 bits per heavy atom. The van der Waals surface area contributed by atoms with E-state index in [0.717, 1.165) is 12.1 Å². The third kappa shape index (κ3) is 4.04. The highest BCUT2D eigenvalue weighted by atomic mass is 32.1. The molecule has 2 aromatic carbocycles. The summed E-state index contributed by atoms with van der Waals surface area (Å²) >= 11 is 1.20. The summed E-state index contributed by atoms with van der Waals surface area (Å²) in [5, 5.41) is 0.303. The molecule has 2 aromatic heterocycles. The van der Waals surface area contributed by atoms with E-state index in [0.29, 0.717) is 38.6 Å². The maximum Gasteiger partial charge on any atom is 0.263 e. The maximum atomic E-state index is 14.4. The Hall–Kier alpha value is -3.59. The number of pyridine rings is 1. The number of anilines is 1. The highest BCUT2D eigenvalue weighted by Crippen LogP contribution is 2.40. The summed E-state index contributed by atoms with van der Waals surface area (Å²) in [6, 6.07) is 11.6. The Morgan fingerprint density at radius 1 is 1.06 bits per heavy atom. The van der Waals surface area contributed by atoms with Crippen LogP contribution >= 0.6 is 11.3 Å². The number of fused-ring (bicyclic) bond motifs is 1. The quantitative estimate of drug-likeness (QED) is 0.429. The molecule has 0 aliphatic rings. The van der Waals surface area contributed by atoms with Gasteiger partial charge in [-0.15, -0.1) is 0 Å². The smallest absolute Gasteiger partial charge is 0.263 e.